The molecule has 0 aromatic heterocycles. The zero-order valence-corrected chi connectivity index (χ0v) is 14.4. The Bertz CT molecular complexity index is 690. The van der Waals surface area contributed by atoms with Crippen molar-refractivity contribution in [3.8, 4) is 0 Å². The standard InChI is InChI=1S/C20H25FO3/c1-18-5-4-11-9(12(18)8-14(21)16(18)23)3-6-20-17(24-20)15(22)10-7-13(10)19(11,20)2/h9-14,17H,3-8H2,1-2H3/t9-,10+,11+,12+,13?,14+,17?,18+,19+,20?/m1/s1. The number of Topliss-reactive ketones (excluding diaryl/α,β-unsaturated/α-hetero) is 2. The average molecular weight is 332 g/mol. The van der Waals surface area contributed by atoms with E-state index in [4.69, 9.17) is 4.74 Å². The number of hydrogen-bond acceptors (Lipinski definition) is 3. The number of fused-ring (bicyclic) bond motifs is 6. The number of rotatable bonds is 0. The average Bonchev–Trinajstić information content (AvgIpc) is 3.44. The molecule has 5 saturated carbocycles. The Labute approximate surface area is 141 Å². The van der Waals surface area contributed by atoms with Crippen LogP contribution >= 0.6 is 0 Å². The molecule has 6 rings (SSSR count). The summed E-state index contributed by atoms with van der Waals surface area (Å²) in [6.45, 7) is 4.39. The van der Waals surface area contributed by atoms with E-state index in [9.17, 15) is 14.0 Å². The van der Waals surface area contributed by atoms with Crippen molar-refractivity contribution in [1.29, 1.82) is 0 Å². The molecule has 6 aliphatic rings. The summed E-state index contributed by atoms with van der Waals surface area (Å²) in [4.78, 5) is 24.9. The van der Waals surface area contributed by atoms with Crippen molar-refractivity contribution in [2.75, 3.05) is 0 Å². The van der Waals surface area contributed by atoms with Crippen molar-refractivity contribution in [1.82, 2.24) is 0 Å². The van der Waals surface area contributed by atoms with Gasteiger partial charge in [-0.15, -0.1) is 0 Å². The minimum atomic E-state index is -1.26. The molecule has 1 heterocycles. The maximum Gasteiger partial charge on any atom is 0.173 e. The number of epoxide rings is 1. The van der Waals surface area contributed by atoms with Crippen LogP contribution in [0.4, 0.5) is 4.39 Å². The molecule has 1 saturated heterocycles. The van der Waals surface area contributed by atoms with E-state index < -0.39 is 11.6 Å². The van der Waals surface area contributed by atoms with Crippen LogP contribution in [0.15, 0.2) is 0 Å². The van der Waals surface area contributed by atoms with Gasteiger partial charge in [-0.3, -0.25) is 9.59 Å². The van der Waals surface area contributed by atoms with Crippen LogP contribution in [0, 0.1) is 40.4 Å². The first-order valence-corrected chi connectivity index (χ1v) is 9.74. The van der Waals surface area contributed by atoms with Crippen LogP contribution in [0.25, 0.3) is 0 Å². The second kappa shape index (κ2) is 3.82. The maximum atomic E-state index is 14.3. The highest BCUT2D eigenvalue weighted by Gasteiger charge is 2.84. The molecule has 1 aliphatic heterocycles. The van der Waals surface area contributed by atoms with Gasteiger partial charge in [0.1, 0.15) is 11.7 Å². The van der Waals surface area contributed by atoms with Gasteiger partial charge in [0.25, 0.3) is 0 Å². The predicted molar refractivity (Wildman–Crippen MR) is 83.9 cm³/mol. The summed E-state index contributed by atoms with van der Waals surface area (Å²) in [5.41, 5.74) is -0.592. The highest BCUT2D eigenvalue weighted by molar-refractivity contribution is 5.94. The van der Waals surface area contributed by atoms with Crippen molar-refractivity contribution >= 4 is 11.6 Å². The lowest BCUT2D eigenvalue weighted by atomic mass is 9.44. The number of ether oxygens (including phenoxy) is 1. The van der Waals surface area contributed by atoms with Crippen LogP contribution in [0.1, 0.15) is 52.4 Å². The van der Waals surface area contributed by atoms with Crippen molar-refractivity contribution in [2.45, 2.75) is 70.2 Å². The third-order valence-corrected chi connectivity index (χ3v) is 9.55. The molecule has 5 aliphatic carbocycles. The summed E-state index contributed by atoms with van der Waals surface area (Å²) in [5, 5.41) is 0. The van der Waals surface area contributed by atoms with Gasteiger partial charge in [0.2, 0.25) is 0 Å². The van der Waals surface area contributed by atoms with Gasteiger partial charge in [0.15, 0.2) is 17.7 Å². The lowest BCUT2D eigenvalue weighted by Crippen LogP contribution is -2.59. The largest absolute Gasteiger partial charge is 0.357 e. The molecule has 0 N–H and O–H groups in total. The van der Waals surface area contributed by atoms with Gasteiger partial charge in [0.05, 0.1) is 0 Å². The quantitative estimate of drug-likeness (QED) is 0.640. The van der Waals surface area contributed by atoms with Crippen LogP contribution in [0.2, 0.25) is 0 Å². The van der Waals surface area contributed by atoms with Crippen molar-refractivity contribution in [2.24, 2.45) is 40.4 Å². The van der Waals surface area contributed by atoms with E-state index >= 15 is 0 Å². The lowest BCUT2D eigenvalue weighted by Gasteiger charge is -2.58. The van der Waals surface area contributed by atoms with Crippen molar-refractivity contribution < 1.29 is 18.7 Å². The van der Waals surface area contributed by atoms with Crippen LogP contribution in [0.5, 0.6) is 0 Å². The summed E-state index contributed by atoms with van der Waals surface area (Å²) in [6.07, 6.45) is 3.81. The minimum absolute atomic E-state index is 0.0674. The van der Waals surface area contributed by atoms with Crippen LogP contribution in [-0.2, 0) is 14.3 Å². The predicted octanol–water partition coefficient (Wildman–Crippen LogP) is 3.10. The molecule has 3 unspecified atom stereocenters. The lowest BCUT2D eigenvalue weighted by molar-refractivity contribution is -0.143. The van der Waals surface area contributed by atoms with Gasteiger partial charge in [-0.2, -0.15) is 0 Å². The Balaban J connectivity index is 1.42. The molecule has 0 aromatic rings. The first kappa shape index (κ1) is 14.4. The van der Waals surface area contributed by atoms with E-state index in [-0.39, 0.29) is 34.7 Å². The molecular formula is C20H25FO3. The monoisotopic (exact) mass is 332 g/mol. The van der Waals surface area contributed by atoms with Crippen LogP contribution in [-0.4, -0.2) is 29.4 Å². The topological polar surface area (TPSA) is 46.7 Å². The van der Waals surface area contributed by atoms with E-state index in [1.807, 2.05) is 6.92 Å². The van der Waals surface area contributed by atoms with Gasteiger partial charge < -0.3 is 4.74 Å². The fourth-order valence-electron chi connectivity index (χ4n) is 8.17. The van der Waals surface area contributed by atoms with E-state index in [0.717, 1.165) is 32.1 Å². The Morgan fingerprint density at radius 3 is 2.62 bits per heavy atom. The van der Waals surface area contributed by atoms with Gasteiger partial charge in [-0.25, -0.2) is 4.39 Å². The Hall–Kier alpha value is -0.770. The fraction of sp³-hybridized carbons (Fsp3) is 0.900. The second-order valence-corrected chi connectivity index (χ2v) is 9.96. The summed E-state index contributed by atoms with van der Waals surface area (Å²) in [5.74, 6) is 2.04. The summed E-state index contributed by atoms with van der Waals surface area (Å²) in [6, 6.07) is 0. The van der Waals surface area contributed by atoms with Crippen molar-refractivity contribution in [3.05, 3.63) is 0 Å². The van der Waals surface area contributed by atoms with Gasteiger partial charge in [-0.05, 0) is 62.2 Å². The molecule has 130 valence electrons. The number of carbonyl (C=O) groups is 2. The highest BCUT2D eigenvalue weighted by Crippen LogP contribution is 2.78. The normalized spacial score (nSPS) is 66.0. The Kier molecular flexibility index (Phi) is 2.29. The van der Waals surface area contributed by atoms with Gasteiger partial charge in [-0.1, -0.05) is 13.8 Å². The summed E-state index contributed by atoms with van der Waals surface area (Å²) in [7, 11) is 0. The third-order valence-electron chi connectivity index (χ3n) is 9.55. The Morgan fingerprint density at radius 2 is 1.83 bits per heavy atom. The third kappa shape index (κ3) is 1.25. The molecule has 1 spiro atoms. The number of hydrogen-bond donors (Lipinski definition) is 0. The molecule has 4 heteroatoms. The zero-order chi connectivity index (χ0) is 16.6. The molecule has 3 nitrogen and oxygen atoms in total. The van der Waals surface area contributed by atoms with Crippen LogP contribution in [0.3, 0.4) is 0 Å². The molecule has 10 atom stereocenters. The SMILES string of the molecule is C[C@]12CC[C@H]3[C@@H](CCC45OC4C(=O)[C@H]4CC4[C@]35C)[C@@H]1C[C@H](F)C2=O. The molecule has 0 radical (unpaired) electrons. The van der Waals surface area contributed by atoms with E-state index in [2.05, 4.69) is 6.92 Å². The first-order chi connectivity index (χ1) is 11.3. The maximum absolute atomic E-state index is 14.3. The number of ketones is 2. The summed E-state index contributed by atoms with van der Waals surface area (Å²) >= 11 is 0. The smallest absolute Gasteiger partial charge is 0.173 e. The molecule has 0 amide bonds. The molecule has 6 fully saturated rings. The van der Waals surface area contributed by atoms with E-state index in [1.54, 1.807) is 0 Å². The number of halogens is 1. The number of alkyl halides is 1. The Morgan fingerprint density at radius 1 is 1.04 bits per heavy atom. The molecular weight excluding hydrogens is 307 g/mol. The van der Waals surface area contributed by atoms with Gasteiger partial charge in [0, 0.05) is 16.7 Å². The number of carbonyl (C=O) groups excluding carboxylic acids is 2. The van der Waals surface area contributed by atoms with E-state index in [1.165, 1.54) is 0 Å². The molecule has 24 heavy (non-hydrogen) atoms. The zero-order valence-electron chi connectivity index (χ0n) is 14.4. The molecule has 0 bridgehead atoms. The van der Waals surface area contributed by atoms with E-state index in [0.29, 0.717) is 30.0 Å². The highest BCUT2D eigenvalue weighted by atomic mass is 19.1. The molecule has 0 aromatic carbocycles. The minimum Gasteiger partial charge on any atom is -0.357 e. The summed E-state index contributed by atoms with van der Waals surface area (Å²) < 4.78 is 20.4. The second-order valence-electron chi connectivity index (χ2n) is 9.96. The van der Waals surface area contributed by atoms with Gasteiger partial charge >= 0.3 is 0 Å². The fourth-order valence-corrected chi connectivity index (χ4v) is 8.17. The first-order valence-electron chi connectivity index (χ1n) is 9.74. The van der Waals surface area contributed by atoms with Crippen LogP contribution < -0.4 is 0 Å². The van der Waals surface area contributed by atoms with Crippen molar-refractivity contribution in [3.63, 3.8) is 0 Å².